The standard InChI is InChI=1S/C51H81N11O12S2/c1-7-29(4)41-48(71)61-42(30(5)63)49(72)58-36(25-39(53)64)45(68)59-37(50(73)62-22-12-14-38(62)47(70)56-33(13-11-21-52)44(67)57-34(43(54)66)23-28(2)3)27-75-76-51(19-9-8-10-20-51)26-40(65)55-35(46(69)60-41)24-31-15-17-32(74-6)18-16-31/h15-18,28-30,33-38,41-42,63H,7-14,19-27,52H2,1-6H3,(H2,53,64)(H2,54,66)(H,55,65)(H,56,70)(H,57,67)(H,58,72)(H,59,68)(H,60,69)(H,61,71)/t29-,30-,33-,34+,35+,36+,37+,38-,41+,42-/m0/s1. The lowest BCUT2D eigenvalue weighted by Gasteiger charge is -2.37. The van der Waals surface area contributed by atoms with Gasteiger partial charge in [0.15, 0.2) is 0 Å². The molecule has 10 atom stereocenters. The number of hydrogen-bond acceptors (Lipinski definition) is 15. The number of carbonyl (C=O) groups is 10. The molecule has 0 radical (unpaired) electrons. The van der Waals surface area contributed by atoms with E-state index in [1.807, 2.05) is 13.8 Å². The van der Waals surface area contributed by atoms with Crippen LogP contribution in [0.2, 0.25) is 0 Å². The van der Waals surface area contributed by atoms with Gasteiger partial charge in [0.25, 0.3) is 0 Å². The van der Waals surface area contributed by atoms with E-state index in [1.165, 1.54) is 40.5 Å². The zero-order valence-electron chi connectivity index (χ0n) is 44.6. The summed E-state index contributed by atoms with van der Waals surface area (Å²) in [4.78, 5) is 140. The van der Waals surface area contributed by atoms with Gasteiger partial charge in [-0.1, -0.05) is 87.1 Å². The number of aliphatic hydroxyl groups is 1. The maximum absolute atomic E-state index is 14.9. The van der Waals surface area contributed by atoms with Crippen molar-refractivity contribution in [3.63, 3.8) is 0 Å². The molecule has 1 aliphatic carbocycles. The third-order valence-electron chi connectivity index (χ3n) is 14.0. The molecule has 3 fully saturated rings. The maximum atomic E-state index is 14.9. The fourth-order valence-corrected chi connectivity index (χ4v) is 12.9. The molecule has 2 heterocycles. The molecule has 0 bridgehead atoms. The van der Waals surface area contributed by atoms with Crippen molar-refractivity contribution in [1.29, 1.82) is 0 Å². The number of nitrogens with zero attached hydrogens (tertiary/aromatic N) is 1. The molecule has 1 saturated carbocycles. The number of carbonyl (C=O) groups excluding carboxylic acids is 10. The van der Waals surface area contributed by atoms with Gasteiger partial charge in [0.05, 0.1) is 19.6 Å². The molecule has 424 valence electrons. The van der Waals surface area contributed by atoms with Crippen LogP contribution in [-0.4, -0.2) is 154 Å². The number of primary amides is 2. The summed E-state index contributed by atoms with van der Waals surface area (Å²) in [5, 5.41) is 29.6. The molecule has 23 nitrogen and oxygen atoms in total. The van der Waals surface area contributed by atoms with Crippen molar-refractivity contribution in [2.45, 2.75) is 184 Å². The lowest BCUT2D eigenvalue weighted by molar-refractivity contribution is -0.142. The minimum absolute atomic E-state index is 0.00207. The highest BCUT2D eigenvalue weighted by atomic mass is 33.1. The highest BCUT2D eigenvalue weighted by molar-refractivity contribution is 8.77. The van der Waals surface area contributed by atoms with E-state index >= 15 is 0 Å². The monoisotopic (exact) mass is 1100 g/mol. The Kier molecular flexibility index (Phi) is 25.1. The molecule has 1 aromatic rings. The fraction of sp³-hybridized carbons (Fsp3) is 0.686. The Morgan fingerprint density at radius 2 is 1.47 bits per heavy atom. The molecule has 0 unspecified atom stereocenters. The second-order valence-corrected chi connectivity index (χ2v) is 23.4. The second-order valence-electron chi connectivity index (χ2n) is 20.6. The van der Waals surface area contributed by atoms with E-state index in [-0.39, 0.29) is 56.9 Å². The lowest BCUT2D eigenvalue weighted by atomic mass is 9.85. The number of amides is 10. The summed E-state index contributed by atoms with van der Waals surface area (Å²) in [6.45, 7) is 8.69. The predicted molar refractivity (Wildman–Crippen MR) is 287 cm³/mol. The van der Waals surface area contributed by atoms with Crippen LogP contribution >= 0.6 is 21.6 Å². The van der Waals surface area contributed by atoms with Gasteiger partial charge in [-0.3, -0.25) is 47.9 Å². The van der Waals surface area contributed by atoms with Crippen LogP contribution in [0.15, 0.2) is 24.3 Å². The Labute approximate surface area is 453 Å². The van der Waals surface area contributed by atoms with E-state index in [0.29, 0.717) is 43.4 Å². The molecular weight excluding hydrogens is 1020 g/mol. The van der Waals surface area contributed by atoms with Crippen LogP contribution in [0.3, 0.4) is 0 Å². The van der Waals surface area contributed by atoms with Gasteiger partial charge in [-0.25, -0.2) is 0 Å². The number of aliphatic hydroxyl groups excluding tert-OH is 1. The van der Waals surface area contributed by atoms with Crippen molar-refractivity contribution >= 4 is 80.7 Å². The van der Waals surface area contributed by atoms with Crippen LogP contribution in [0.1, 0.15) is 124 Å². The minimum Gasteiger partial charge on any atom is -0.497 e. The fourth-order valence-electron chi connectivity index (χ4n) is 9.53. The van der Waals surface area contributed by atoms with Crippen LogP contribution in [0, 0.1) is 11.8 Å². The third kappa shape index (κ3) is 18.8. The normalized spacial score (nSPS) is 24.8. The first-order valence-electron chi connectivity index (χ1n) is 26.3. The summed E-state index contributed by atoms with van der Waals surface area (Å²) >= 11 is 0. The molecule has 2 aliphatic heterocycles. The number of nitrogens with two attached hydrogens (primary N) is 3. The number of likely N-dealkylation sites (tertiary alicyclic amines) is 1. The first kappa shape index (κ1) is 62.9. The summed E-state index contributed by atoms with van der Waals surface area (Å²) in [6.07, 6.45) is 2.90. The molecule has 14 N–H and O–H groups in total. The SMILES string of the molecule is CC[C@H](C)[C@H]1NC(=O)[C@@H](Cc2ccc(OC)cc2)NC(=O)CC2(CCCCC2)SSC[C@H](C(=O)N2CCC[C@H]2C(=O)N[C@@H](CCCN)C(=O)N[C@H](CC(C)C)C(N)=O)NC(=O)[C@@H](CC(N)=O)NC(=O)[C@H]([C@H](C)O)NC1=O. The Bertz CT molecular complexity index is 2200. The average molecular weight is 1100 g/mol. The molecule has 1 spiro atoms. The van der Waals surface area contributed by atoms with Crippen molar-refractivity contribution in [2.75, 3.05) is 26.0 Å². The predicted octanol–water partition coefficient (Wildman–Crippen LogP) is -0.317. The molecule has 1 aromatic carbocycles. The molecule has 76 heavy (non-hydrogen) atoms. The van der Waals surface area contributed by atoms with Gasteiger partial charge in [0.2, 0.25) is 59.1 Å². The van der Waals surface area contributed by atoms with Gasteiger partial charge >= 0.3 is 0 Å². The third-order valence-corrected chi connectivity index (χ3v) is 17.3. The van der Waals surface area contributed by atoms with Gasteiger partial charge in [0, 0.05) is 29.9 Å². The quantitative estimate of drug-likeness (QED) is 0.0792. The topological polar surface area (TPSA) is 366 Å². The van der Waals surface area contributed by atoms with E-state index in [1.54, 1.807) is 38.1 Å². The van der Waals surface area contributed by atoms with Crippen LogP contribution in [0.5, 0.6) is 5.75 Å². The Morgan fingerprint density at radius 3 is 2.07 bits per heavy atom. The Hall–Kier alpha value is -5.66. The van der Waals surface area contributed by atoms with E-state index in [9.17, 15) is 53.1 Å². The van der Waals surface area contributed by atoms with Crippen molar-refractivity contribution in [3.05, 3.63) is 29.8 Å². The van der Waals surface area contributed by atoms with Crippen LogP contribution in [0.25, 0.3) is 0 Å². The van der Waals surface area contributed by atoms with Gasteiger partial charge in [-0.05, 0) is 87.9 Å². The first-order chi connectivity index (χ1) is 36.0. The molecular formula is C51H81N11O12S2. The van der Waals surface area contributed by atoms with Gasteiger partial charge in [-0.2, -0.15) is 0 Å². The summed E-state index contributed by atoms with van der Waals surface area (Å²) < 4.78 is 4.61. The van der Waals surface area contributed by atoms with Gasteiger partial charge < -0.3 is 69.2 Å². The largest absolute Gasteiger partial charge is 0.497 e. The Morgan fingerprint density at radius 1 is 0.829 bits per heavy atom. The van der Waals surface area contributed by atoms with Crippen LogP contribution in [-0.2, 0) is 54.4 Å². The highest BCUT2D eigenvalue weighted by Gasteiger charge is 2.43. The van der Waals surface area contributed by atoms with Crippen LogP contribution in [0.4, 0.5) is 0 Å². The molecule has 25 heteroatoms. The van der Waals surface area contributed by atoms with E-state index in [0.717, 1.165) is 19.3 Å². The van der Waals surface area contributed by atoms with E-state index < -0.39 is 131 Å². The highest BCUT2D eigenvalue weighted by Crippen LogP contribution is 2.48. The van der Waals surface area contributed by atoms with Crippen molar-refractivity contribution in [2.24, 2.45) is 29.0 Å². The smallest absolute Gasteiger partial charge is 0.246 e. The van der Waals surface area contributed by atoms with Crippen molar-refractivity contribution < 1.29 is 57.8 Å². The average Bonchev–Trinajstić information content (AvgIpc) is 3.87. The molecule has 4 rings (SSSR count). The van der Waals surface area contributed by atoms with Crippen molar-refractivity contribution in [1.82, 2.24) is 42.1 Å². The second kappa shape index (κ2) is 30.3. The summed E-state index contributed by atoms with van der Waals surface area (Å²) in [5.74, 6) is -8.00. The molecule has 3 aliphatic rings. The Balaban J connectivity index is 1.75. The number of nitrogens with one attached hydrogen (secondary N) is 7. The minimum atomic E-state index is -1.74. The van der Waals surface area contributed by atoms with Gasteiger partial charge in [0.1, 0.15) is 54.1 Å². The molecule has 0 aromatic heterocycles. The molecule has 10 amide bonds. The molecule has 2 saturated heterocycles. The zero-order valence-corrected chi connectivity index (χ0v) is 46.2. The number of methoxy groups -OCH3 is 1. The summed E-state index contributed by atoms with van der Waals surface area (Å²) in [6, 6.07) is -3.70. The maximum Gasteiger partial charge on any atom is 0.246 e. The first-order valence-corrected chi connectivity index (χ1v) is 28.6. The van der Waals surface area contributed by atoms with Crippen molar-refractivity contribution in [3.8, 4) is 5.75 Å². The van der Waals surface area contributed by atoms with E-state index in [2.05, 4.69) is 37.2 Å². The number of rotatable bonds is 19. The van der Waals surface area contributed by atoms with Crippen LogP contribution < -0.4 is 59.2 Å². The number of benzene rings is 1. The number of hydrogen-bond donors (Lipinski definition) is 11. The van der Waals surface area contributed by atoms with Gasteiger partial charge in [-0.15, -0.1) is 0 Å². The lowest BCUT2D eigenvalue weighted by Crippen LogP contribution is -2.63. The zero-order chi connectivity index (χ0) is 56.3. The summed E-state index contributed by atoms with van der Waals surface area (Å²) in [7, 11) is 4.09. The van der Waals surface area contributed by atoms with E-state index in [4.69, 9.17) is 21.9 Å². The summed E-state index contributed by atoms with van der Waals surface area (Å²) in [5.41, 5.74) is 17.7. The number of ether oxygens (including phenoxy) is 1.